The minimum atomic E-state index is -3.94. The molecule has 0 saturated carbocycles. The number of halogens is 1. The number of ether oxygens (including phenoxy) is 1. The first-order valence-electron chi connectivity index (χ1n) is 8.03. The molecule has 0 aliphatic rings. The van der Waals surface area contributed by atoms with Crippen LogP contribution >= 0.6 is 22.9 Å². The molecule has 1 aromatic heterocycles. The van der Waals surface area contributed by atoms with Gasteiger partial charge in [0.2, 0.25) is 5.13 Å². The highest BCUT2D eigenvalue weighted by molar-refractivity contribution is 7.94. The van der Waals surface area contributed by atoms with Crippen LogP contribution in [-0.2, 0) is 10.0 Å². The second kappa shape index (κ2) is 8.55. The lowest BCUT2D eigenvalue weighted by atomic mass is 10.2. The van der Waals surface area contributed by atoms with Gasteiger partial charge < -0.3 is 4.74 Å². The Hall–Kier alpha value is -2.69. The standard InChI is InChI=1S/C17H15ClN4O4S2/c1-2-26-14-9-7-13(8-10-14)22-28(24,25)17-21-20-16(27-17)19-15(23)11-3-5-12(18)6-4-11/h3-10,22H,2H2,1H3,(H,19,20,23). The number of carbonyl (C=O) groups excluding carboxylic acids is 1. The van der Waals surface area contributed by atoms with Gasteiger partial charge in [-0.2, -0.15) is 8.42 Å². The SMILES string of the molecule is CCOc1ccc(NS(=O)(=O)c2nnc(NC(=O)c3ccc(Cl)cc3)s2)cc1. The number of nitrogens with zero attached hydrogens (tertiary/aromatic N) is 2. The summed E-state index contributed by atoms with van der Waals surface area (Å²) in [5.74, 6) is 0.185. The largest absolute Gasteiger partial charge is 0.494 e. The van der Waals surface area contributed by atoms with E-state index in [2.05, 4.69) is 20.2 Å². The lowest BCUT2D eigenvalue weighted by molar-refractivity contribution is 0.102. The summed E-state index contributed by atoms with van der Waals surface area (Å²) in [4.78, 5) is 12.2. The van der Waals surface area contributed by atoms with Gasteiger partial charge in [0.1, 0.15) is 5.75 Å². The van der Waals surface area contributed by atoms with Gasteiger partial charge in [0.25, 0.3) is 20.3 Å². The van der Waals surface area contributed by atoms with Crippen molar-refractivity contribution in [1.29, 1.82) is 0 Å². The van der Waals surface area contributed by atoms with E-state index in [1.165, 1.54) is 0 Å². The summed E-state index contributed by atoms with van der Waals surface area (Å²) in [6.45, 7) is 2.37. The molecule has 146 valence electrons. The number of anilines is 2. The number of benzene rings is 2. The van der Waals surface area contributed by atoms with E-state index < -0.39 is 15.9 Å². The van der Waals surface area contributed by atoms with Crippen LogP contribution in [0.5, 0.6) is 5.75 Å². The van der Waals surface area contributed by atoms with Crippen LogP contribution in [0, 0.1) is 0 Å². The fourth-order valence-corrected chi connectivity index (χ4v) is 4.21. The minimum Gasteiger partial charge on any atom is -0.494 e. The van der Waals surface area contributed by atoms with Gasteiger partial charge in [0.05, 0.1) is 6.61 Å². The Balaban J connectivity index is 1.69. The number of hydrogen-bond donors (Lipinski definition) is 2. The van der Waals surface area contributed by atoms with E-state index in [1.54, 1.807) is 48.5 Å². The highest BCUT2D eigenvalue weighted by Gasteiger charge is 2.21. The molecule has 0 saturated heterocycles. The van der Waals surface area contributed by atoms with Crippen molar-refractivity contribution < 1.29 is 17.9 Å². The molecule has 28 heavy (non-hydrogen) atoms. The van der Waals surface area contributed by atoms with Crippen molar-refractivity contribution in [1.82, 2.24) is 10.2 Å². The third-order valence-electron chi connectivity index (χ3n) is 3.38. The summed E-state index contributed by atoms with van der Waals surface area (Å²) < 4.78 is 32.4. The molecule has 0 fully saturated rings. The quantitative estimate of drug-likeness (QED) is 0.545. The number of nitrogens with one attached hydrogen (secondary N) is 2. The van der Waals surface area contributed by atoms with Gasteiger partial charge in [-0.3, -0.25) is 14.8 Å². The van der Waals surface area contributed by atoms with Gasteiger partial charge in [-0.05, 0) is 55.5 Å². The van der Waals surface area contributed by atoms with Gasteiger partial charge in [-0.1, -0.05) is 22.9 Å². The molecule has 0 radical (unpaired) electrons. The summed E-state index contributed by atoms with van der Waals surface area (Å²) in [6.07, 6.45) is 0. The zero-order chi connectivity index (χ0) is 20.1. The van der Waals surface area contributed by atoms with E-state index in [-0.39, 0.29) is 9.47 Å². The van der Waals surface area contributed by atoms with E-state index in [4.69, 9.17) is 16.3 Å². The van der Waals surface area contributed by atoms with Crippen molar-refractivity contribution in [2.24, 2.45) is 0 Å². The van der Waals surface area contributed by atoms with Crippen LogP contribution in [0.4, 0.5) is 10.8 Å². The smallest absolute Gasteiger partial charge is 0.291 e. The van der Waals surface area contributed by atoms with Crippen LogP contribution in [0.2, 0.25) is 5.02 Å². The van der Waals surface area contributed by atoms with Gasteiger partial charge in [0, 0.05) is 16.3 Å². The normalized spacial score (nSPS) is 11.1. The summed E-state index contributed by atoms with van der Waals surface area (Å²) >= 11 is 6.53. The molecule has 2 aromatic carbocycles. The lowest BCUT2D eigenvalue weighted by Gasteiger charge is -2.06. The van der Waals surface area contributed by atoms with Crippen LogP contribution < -0.4 is 14.8 Å². The van der Waals surface area contributed by atoms with Gasteiger partial charge in [-0.25, -0.2) is 0 Å². The lowest BCUT2D eigenvalue weighted by Crippen LogP contribution is -2.12. The van der Waals surface area contributed by atoms with Gasteiger partial charge in [0.15, 0.2) is 0 Å². The van der Waals surface area contributed by atoms with Crippen molar-refractivity contribution in [3.8, 4) is 5.75 Å². The molecule has 1 amide bonds. The number of amides is 1. The fourth-order valence-electron chi connectivity index (χ4n) is 2.12. The maximum atomic E-state index is 12.5. The number of sulfonamides is 1. The molecule has 3 aromatic rings. The molecule has 2 N–H and O–H groups in total. The van der Waals surface area contributed by atoms with E-state index in [9.17, 15) is 13.2 Å². The maximum absolute atomic E-state index is 12.5. The van der Waals surface area contributed by atoms with E-state index in [1.807, 2.05) is 6.92 Å². The molecule has 11 heteroatoms. The van der Waals surface area contributed by atoms with E-state index in [0.29, 0.717) is 28.6 Å². The molecular formula is C17H15ClN4O4S2. The van der Waals surface area contributed by atoms with Crippen LogP contribution in [0.15, 0.2) is 52.9 Å². The predicted octanol–water partition coefficient (Wildman–Crippen LogP) is 3.64. The number of rotatable bonds is 7. The average molecular weight is 439 g/mol. The topological polar surface area (TPSA) is 110 Å². The van der Waals surface area contributed by atoms with Crippen molar-refractivity contribution in [3.63, 3.8) is 0 Å². The van der Waals surface area contributed by atoms with E-state index >= 15 is 0 Å². The van der Waals surface area contributed by atoms with Crippen LogP contribution in [0.1, 0.15) is 17.3 Å². The van der Waals surface area contributed by atoms with E-state index in [0.717, 1.165) is 11.3 Å². The summed E-state index contributed by atoms with van der Waals surface area (Å²) in [6, 6.07) is 12.7. The molecule has 0 aliphatic heterocycles. The fraction of sp³-hybridized carbons (Fsp3) is 0.118. The molecule has 0 bridgehead atoms. The van der Waals surface area contributed by atoms with Crippen molar-refractivity contribution in [2.75, 3.05) is 16.6 Å². The zero-order valence-corrected chi connectivity index (χ0v) is 16.9. The first-order valence-corrected chi connectivity index (χ1v) is 10.7. The monoisotopic (exact) mass is 438 g/mol. The summed E-state index contributed by atoms with van der Waals surface area (Å²) in [5.41, 5.74) is 0.710. The van der Waals surface area contributed by atoms with Crippen LogP contribution in [0.25, 0.3) is 0 Å². The second-order valence-corrected chi connectivity index (χ2v) is 8.67. The average Bonchev–Trinajstić information content (AvgIpc) is 3.13. The summed E-state index contributed by atoms with van der Waals surface area (Å²) in [7, 11) is -3.94. The highest BCUT2D eigenvalue weighted by atomic mass is 35.5. The van der Waals surface area contributed by atoms with Crippen molar-refractivity contribution >= 4 is 49.7 Å². The Labute approximate surface area is 170 Å². The van der Waals surface area contributed by atoms with Crippen LogP contribution in [-0.4, -0.2) is 31.1 Å². The first-order chi connectivity index (χ1) is 13.4. The molecule has 0 spiro atoms. The number of carbonyl (C=O) groups is 1. The molecule has 0 unspecified atom stereocenters. The predicted molar refractivity (Wildman–Crippen MR) is 108 cm³/mol. The van der Waals surface area contributed by atoms with Crippen molar-refractivity contribution in [3.05, 3.63) is 59.1 Å². The number of hydrogen-bond acceptors (Lipinski definition) is 7. The molecule has 1 heterocycles. The van der Waals surface area contributed by atoms with Crippen molar-refractivity contribution in [2.45, 2.75) is 11.3 Å². The summed E-state index contributed by atoms with van der Waals surface area (Å²) in [5, 5.41) is 10.4. The zero-order valence-electron chi connectivity index (χ0n) is 14.5. The highest BCUT2D eigenvalue weighted by Crippen LogP contribution is 2.24. The Morgan fingerprint density at radius 1 is 1.11 bits per heavy atom. The number of aromatic nitrogens is 2. The first kappa shape index (κ1) is 20.1. The van der Waals surface area contributed by atoms with Gasteiger partial charge in [-0.15, -0.1) is 10.2 Å². The maximum Gasteiger partial charge on any atom is 0.291 e. The third kappa shape index (κ3) is 4.97. The third-order valence-corrected chi connectivity index (χ3v) is 6.22. The minimum absolute atomic E-state index is 0.0621. The van der Waals surface area contributed by atoms with Crippen LogP contribution in [0.3, 0.4) is 0 Å². The molecule has 0 atom stereocenters. The Morgan fingerprint density at radius 3 is 2.43 bits per heavy atom. The molecule has 8 nitrogen and oxygen atoms in total. The Bertz CT molecular complexity index is 1070. The Morgan fingerprint density at radius 2 is 1.79 bits per heavy atom. The van der Waals surface area contributed by atoms with Gasteiger partial charge >= 0.3 is 0 Å². The molecule has 0 aliphatic carbocycles. The molecular weight excluding hydrogens is 424 g/mol. The second-order valence-electron chi connectivity index (χ2n) is 5.40. The Kier molecular flexibility index (Phi) is 6.12. The molecule has 3 rings (SSSR count).